The fourth-order valence-corrected chi connectivity index (χ4v) is 2.02. The molecule has 1 N–H and O–H groups in total. The molecule has 1 aromatic carbocycles. The highest BCUT2D eigenvalue weighted by molar-refractivity contribution is 9.10. The summed E-state index contributed by atoms with van der Waals surface area (Å²) in [6.07, 6.45) is 0. The second kappa shape index (κ2) is 3.90. The van der Waals surface area contributed by atoms with Crippen molar-refractivity contribution in [2.45, 2.75) is 19.9 Å². The molecule has 5 heteroatoms. The van der Waals surface area contributed by atoms with Crippen LogP contribution in [0.4, 0.5) is 0 Å². The number of carbonyl (C=O) groups is 1. The van der Waals surface area contributed by atoms with E-state index >= 15 is 0 Å². The summed E-state index contributed by atoms with van der Waals surface area (Å²) in [5.74, 6) is -0.950. The average Bonchev–Trinajstić information content (AvgIpc) is 2.55. The number of carboxylic acids is 1. The lowest BCUT2D eigenvalue weighted by Crippen LogP contribution is -2.12. The molecule has 84 valence electrons. The van der Waals surface area contributed by atoms with E-state index < -0.39 is 5.97 Å². The third-order valence-corrected chi connectivity index (χ3v) is 2.84. The Morgan fingerprint density at radius 1 is 1.50 bits per heavy atom. The molecule has 0 aliphatic heterocycles. The van der Waals surface area contributed by atoms with Crippen LogP contribution in [0.15, 0.2) is 22.7 Å². The van der Waals surface area contributed by atoms with E-state index in [0.29, 0.717) is 10.9 Å². The minimum atomic E-state index is -0.950. The molecule has 1 heterocycles. The van der Waals surface area contributed by atoms with E-state index in [1.807, 2.05) is 26.0 Å². The summed E-state index contributed by atoms with van der Waals surface area (Å²) in [4.78, 5) is 11.2. The molecule has 4 nitrogen and oxygen atoms in total. The third kappa shape index (κ3) is 1.71. The Morgan fingerprint density at radius 3 is 2.75 bits per heavy atom. The van der Waals surface area contributed by atoms with Gasteiger partial charge in [0.1, 0.15) is 0 Å². The Morgan fingerprint density at radius 2 is 2.19 bits per heavy atom. The molecule has 0 aliphatic rings. The van der Waals surface area contributed by atoms with E-state index in [2.05, 4.69) is 21.0 Å². The van der Waals surface area contributed by atoms with Gasteiger partial charge < -0.3 is 5.11 Å². The minimum Gasteiger partial charge on any atom is -0.477 e. The second-order valence-electron chi connectivity index (χ2n) is 3.85. The molecule has 0 radical (unpaired) electrons. The third-order valence-electron chi connectivity index (χ3n) is 2.35. The molecule has 0 fully saturated rings. The first-order valence-corrected chi connectivity index (χ1v) is 5.71. The number of halogens is 1. The molecular weight excluding hydrogens is 272 g/mol. The van der Waals surface area contributed by atoms with Gasteiger partial charge in [-0.3, -0.25) is 4.68 Å². The summed E-state index contributed by atoms with van der Waals surface area (Å²) in [5.41, 5.74) is 0.945. The maximum Gasteiger partial charge on any atom is 0.354 e. The van der Waals surface area contributed by atoms with Crippen molar-refractivity contribution in [2.24, 2.45) is 0 Å². The van der Waals surface area contributed by atoms with Gasteiger partial charge in [0.25, 0.3) is 0 Å². The predicted molar refractivity (Wildman–Crippen MR) is 64.8 cm³/mol. The fourth-order valence-electron chi connectivity index (χ4n) is 1.66. The van der Waals surface area contributed by atoms with Gasteiger partial charge in [-0.05, 0) is 32.0 Å². The molecule has 0 bridgehead atoms. The van der Waals surface area contributed by atoms with E-state index in [1.165, 1.54) is 0 Å². The van der Waals surface area contributed by atoms with E-state index in [-0.39, 0.29) is 11.7 Å². The largest absolute Gasteiger partial charge is 0.477 e. The SMILES string of the molecule is CC(C)n1nc2ccc(Br)cc2c1C(=O)O. The van der Waals surface area contributed by atoms with E-state index in [4.69, 9.17) is 0 Å². The van der Waals surface area contributed by atoms with Crippen LogP contribution in [0, 0.1) is 0 Å². The maximum atomic E-state index is 11.2. The van der Waals surface area contributed by atoms with Crippen molar-refractivity contribution in [1.82, 2.24) is 9.78 Å². The van der Waals surface area contributed by atoms with Crippen molar-refractivity contribution in [3.63, 3.8) is 0 Å². The summed E-state index contributed by atoms with van der Waals surface area (Å²) >= 11 is 3.33. The highest BCUT2D eigenvalue weighted by Gasteiger charge is 2.19. The summed E-state index contributed by atoms with van der Waals surface area (Å²) in [6, 6.07) is 5.47. The molecule has 0 unspecified atom stereocenters. The molecule has 2 aromatic rings. The maximum absolute atomic E-state index is 11.2. The highest BCUT2D eigenvalue weighted by Crippen LogP contribution is 2.24. The van der Waals surface area contributed by atoms with Crippen LogP contribution in [-0.2, 0) is 0 Å². The van der Waals surface area contributed by atoms with Gasteiger partial charge in [-0.1, -0.05) is 15.9 Å². The molecule has 1 aromatic heterocycles. The van der Waals surface area contributed by atoms with E-state index in [1.54, 1.807) is 10.7 Å². The molecular formula is C11H11BrN2O2. The number of nitrogens with zero attached hydrogens (tertiary/aromatic N) is 2. The van der Waals surface area contributed by atoms with E-state index in [0.717, 1.165) is 4.47 Å². The van der Waals surface area contributed by atoms with Gasteiger partial charge in [0.2, 0.25) is 0 Å². The lowest BCUT2D eigenvalue weighted by atomic mass is 10.2. The second-order valence-corrected chi connectivity index (χ2v) is 4.77. The molecule has 16 heavy (non-hydrogen) atoms. The first-order valence-electron chi connectivity index (χ1n) is 4.91. The van der Waals surface area contributed by atoms with Gasteiger partial charge in [-0.25, -0.2) is 4.79 Å². The van der Waals surface area contributed by atoms with Gasteiger partial charge >= 0.3 is 5.97 Å². The first-order chi connectivity index (χ1) is 7.50. The highest BCUT2D eigenvalue weighted by atomic mass is 79.9. The molecule has 0 saturated carbocycles. The molecule has 0 aliphatic carbocycles. The first kappa shape index (κ1) is 11.1. The van der Waals surface area contributed by atoms with Crippen molar-refractivity contribution >= 4 is 32.8 Å². The normalized spacial score (nSPS) is 11.2. The molecule has 0 saturated heterocycles. The molecule has 0 amide bonds. The topological polar surface area (TPSA) is 55.1 Å². The van der Waals surface area contributed by atoms with Gasteiger partial charge in [0.05, 0.1) is 5.52 Å². The van der Waals surface area contributed by atoms with E-state index in [9.17, 15) is 9.90 Å². The molecule has 2 rings (SSSR count). The Bertz CT molecular complexity index is 560. The van der Waals surface area contributed by atoms with Crippen LogP contribution in [0.1, 0.15) is 30.4 Å². The number of aromatic nitrogens is 2. The van der Waals surface area contributed by atoms with Gasteiger partial charge in [-0.15, -0.1) is 0 Å². The summed E-state index contributed by atoms with van der Waals surface area (Å²) in [6.45, 7) is 3.82. The van der Waals surface area contributed by atoms with Gasteiger partial charge in [0, 0.05) is 15.9 Å². The number of benzene rings is 1. The number of hydrogen-bond donors (Lipinski definition) is 1. The minimum absolute atomic E-state index is 0.0253. The Kier molecular flexibility index (Phi) is 2.71. The number of hydrogen-bond acceptors (Lipinski definition) is 2. The van der Waals surface area contributed by atoms with Crippen molar-refractivity contribution in [3.05, 3.63) is 28.4 Å². The van der Waals surface area contributed by atoms with Crippen LogP contribution in [0.2, 0.25) is 0 Å². The van der Waals surface area contributed by atoms with Gasteiger partial charge in [0.15, 0.2) is 5.69 Å². The predicted octanol–water partition coefficient (Wildman–Crippen LogP) is 3.08. The average molecular weight is 283 g/mol. The van der Waals surface area contributed by atoms with Crippen molar-refractivity contribution < 1.29 is 9.90 Å². The van der Waals surface area contributed by atoms with Crippen molar-refractivity contribution in [3.8, 4) is 0 Å². The van der Waals surface area contributed by atoms with Crippen LogP contribution >= 0.6 is 15.9 Å². The zero-order valence-corrected chi connectivity index (χ0v) is 10.5. The van der Waals surface area contributed by atoms with Crippen LogP contribution in [0.5, 0.6) is 0 Å². The number of carboxylic acid groups (broad SMARTS) is 1. The smallest absolute Gasteiger partial charge is 0.354 e. The summed E-state index contributed by atoms with van der Waals surface area (Å²) < 4.78 is 2.39. The lowest BCUT2D eigenvalue weighted by molar-refractivity contribution is 0.0683. The number of rotatable bonds is 2. The number of fused-ring (bicyclic) bond motifs is 1. The quantitative estimate of drug-likeness (QED) is 0.921. The van der Waals surface area contributed by atoms with Crippen molar-refractivity contribution in [1.29, 1.82) is 0 Å². The fraction of sp³-hybridized carbons (Fsp3) is 0.273. The zero-order valence-electron chi connectivity index (χ0n) is 8.94. The Balaban J connectivity index is 2.82. The van der Waals surface area contributed by atoms with Crippen LogP contribution in [0.25, 0.3) is 10.9 Å². The van der Waals surface area contributed by atoms with Crippen molar-refractivity contribution in [2.75, 3.05) is 0 Å². The Labute approximate surface area is 101 Å². The standard InChI is InChI=1S/C11H11BrN2O2/c1-6(2)14-10(11(15)16)8-5-7(12)3-4-9(8)13-14/h3-6H,1-2H3,(H,15,16). The number of aromatic carboxylic acids is 1. The zero-order chi connectivity index (χ0) is 11.9. The van der Waals surface area contributed by atoms with Crippen LogP contribution in [-0.4, -0.2) is 20.9 Å². The summed E-state index contributed by atoms with van der Waals surface area (Å²) in [5, 5.41) is 14.2. The van der Waals surface area contributed by atoms with Gasteiger partial charge in [-0.2, -0.15) is 5.10 Å². The molecule has 0 spiro atoms. The molecule has 0 atom stereocenters. The lowest BCUT2D eigenvalue weighted by Gasteiger charge is -2.07. The monoisotopic (exact) mass is 282 g/mol. The summed E-state index contributed by atoms with van der Waals surface area (Å²) in [7, 11) is 0. The van der Waals surface area contributed by atoms with Crippen LogP contribution in [0.3, 0.4) is 0 Å². The Hall–Kier alpha value is -1.36. The van der Waals surface area contributed by atoms with Crippen LogP contribution < -0.4 is 0 Å².